The fourth-order valence-corrected chi connectivity index (χ4v) is 3.38. The van der Waals surface area contributed by atoms with E-state index in [4.69, 9.17) is 16.7 Å². The van der Waals surface area contributed by atoms with Crippen LogP contribution in [-0.2, 0) is 4.79 Å². The lowest BCUT2D eigenvalue weighted by Crippen LogP contribution is -2.25. The first-order chi connectivity index (χ1) is 12.9. The topological polar surface area (TPSA) is 110 Å². The van der Waals surface area contributed by atoms with Crippen LogP contribution in [0.1, 0.15) is 39.5 Å². The van der Waals surface area contributed by atoms with E-state index in [1.807, 2.05) is 6.92 Å². The minimum absolute atomic E-state index is 0.155. The normalized spacial score (nSPS) is 15.9. The lowest BCUT2D eigenvalue weighted by atomic mass is 9.85. The van der Waals surface area contributed by atoms with Gasteiger partial charge in [0, 0.05) is 17.9 Å². The highest BCUT2D eigenvalue weighted by molar-refractivity contribution is 6.29. The van der Waals surface area contributed by atoms with Crippen LogP contribution in [0, 0.1) is 6.92 Å². The van der Waals surface area contributed by atoms with E-state index in [1.165, 1.54) is 16.8 Å². The Morgan fingerprint density at radius 2 is 1.96 bits per heavy atom. The minimum atomic E-state index is -0.992. The van der Waals surface area contributed by atoms with Crippen molar-refractivity contribution in [2.75, 3.05) is 5.32 Å². The zero-order valence-corrected chi connectivity index (χ0v) is 14.9. The summed E-state index contributed by atoms with van der Waals surface area (Å²) in [6, 6.07) is 9.80. The number of carboxylic acid groups (broad SMARTS) is 1. The number of nitrogens with one attached hydrogen (secondary N) is 1. The number of fused-ring (bicyclic) bond motifs is 1. The van der Waals surface area contributed by atoms with Gasteiger partial charge in [-0.2, -0.15) is 9.78 Å². The number of aromatic nitrogens is 4. The highest BCUT2D eigenvalue weighted by Gasteiger charge is 2.33. The van der Waals surface area contributed by atoms with Crippen molar-refractivity contribution in [1.29, 1.82) is 0 Å². The Hall–Kier alpha value is -3.26. The molecule has 0 spiro atoms. The molecule has 0 saturated carbocycles. The monoisotopic (exact) mass is 383 g/mol. The molecule has 1 aromatic carbocycles. The maximum Gasteiger partial charge on any atom is 0.335 e. The van der Waals surface area contributed by atoms with Gasteiger partial charge in [-0.25, -0.2) is 4.79 Å². The highest BCUT2D eigenvalue weighted by Crippen LogP contribution is 2.40. The molecule has 8 nitrogen and oxygen atoms in total. The Bertz CT molecular complexity index is 1040. The summed E-state index contributed by atoms with van der Waals surface area (Å²) in [5, 5.41) is 24.6. The zero-order chi connectivity index (χ0) is 19.1. The maximum absolute atomic E-state index is 12.3. The van der Waals surface area contributed by atoms with Crippen molar-refractivity contribution in [2.45, 2.75) is 19.3 Å². The molecular formula is C18H14ClN5O3. The molecular weight excluding hydrogens is 370 g/mol. The highest BCUT2D eigenvalue weighted by atomic mass is 35.5. The van der Waals surface area contributed by atoms with E-state index in [0.717, 1.165) is 16.8 Å². The first-order valence-electron chi connectivity index (χ1n) is 8.16. The van der Waals surface area contributed by atoms with Crippen molar-refractivity contribution in [3.63, 3.8) is 0 Å². The molecule has 1 aliphatic rings. The Labute approximate surface area is 158 Å². The second-order valence-corrected chi connectivity index (χ2v) is 6.59. The molecule has 9 heteroatoms. The molecule has 0 unspecified atom stereocenters. The lowest BCUT2D eigenvalue weighted by molar-refractivity contribution is -0.116. The Kier molecular flexibility index (Phi) is 4.12. The van der Waals surface area contributed by atoms with Crippen LogP contribution in [0.25, 0.3) is 5.82 Å². The van der Waals surface area contributed by atoms with E-state index in [1.54, 1.807) is 24.3 Å². The van der Waals surface area contributed by atoms with Gasteiger partial charge in [0.1, 0.15) is 5.82 Å². The molecule has 0 fully saturated rings. The summed E-state index contributed by atoms with van der Waals surface area (Å²) in [7, 11) is 0. The van der Waals surface area contributed by atoms with E-state index >= 15 is 0 Å². The van der Waals surface area contributed by atoms with Gasteiger partial charge in [-0.3, -0.25) is 4.79 Å². The van der Waals surface area contributed by atoms with Gasteiger partial charge in [0.25, 0.3) is 0 Å². The van der Waals surface area contributed by atoms with E-state index in [-0.39, 0.29) is 29.0 Å². The average molecular weight is 384 g/mol. The third-order valence-electron chi connectivity index (χ3n) is 4.50. The molecule has 2 N–H and O–H groups in total. The van der Waals surface area contributed by atoms with Crippen molar-refractivity contribution in [3.05, 3.63) is 63.9 Å². The van der Waals surface area contributed by atoms with Gasteiger partial charge >= 0.3 is 5.97 Å². The van der Waals surface area contributed by atoms with Gasteiger partial charge in [0.15, 0.2) is 11.0 Å². The van der Waals surface area contributed by atoms with Gasteiger partial charge in [0.2, 0.25) is 5.91 Å². The van der Waals surface area contributed by atoms with Crippen molar-refractivity contribution >= 4 is 29.3 Å². The van der Waals surface area contributed by atoms with Crippen LogP contribution in [0.2, 0.25) is 5.15 Å². The smallest absolute Gasteiger partial charge is 0.335 e. The number of nitrogens with zero attached hydrogens (tertiary/aromatic N) is 4. The second kappa shape index (κ2) is 6.48. The van der Waals surface area contributed by atoms with Gasteiger partial charge in [-0.1, -0.05) is 23.7 Å². The molecule has 27 heavy (non-hydrogen) atoms. The van der Waals surface area contributed by atoms with Crippen molar-refractivity contribution in [1.82, 2.24) is 20.0 Å². The fourth-order valence-electron chi connectivity index (χ4n) is 3.28. The van der Waals surface area contributed by atoms with Crippen molar-refractivity contribution in [2.24, 2.45) is 0 Å². The van der Waals surface area contributed by atoms with Crippen LogP contribution < -0.4 is 5.32 Å². The molecule has 0 radical (unpaired) electrons. The van der Waals surface area contributed by atoms with Crippen molar-refractivity contribution < 1.29 is 14.7 Å². The van der Waals surface area contributed by atoms with Gasteiger partial charge in [0.05, 0.1) is 11.3 Å². The molecule has 1 atom stereocenters. The number of hydrogen-bond acceptors (Lipinski definition) is 5. The number of carbonyl (C=O) groups excluding carboxylic acids is 1. The number of halogens is 1. The third-order valence-corrected chi connectivity index (χ3v) is 4.70. The van der Waals surface area contributed by atoms with Crippen LogP contribution in [0.4, 0.5) is 5.82 Å². The molecule has 3 aromatic rings. The number of amides is 1. The summed E-state index contributed by atoms with van der Waals surface area (Å²) in [4.78, 5) is 23.4. The largest absolute Gasteiger partial charge is 0.478 e. The summed E-state index contributed by atoms with van der Waals surface area (Å²) in [5.41, 5.74) is 2.66. The number of rotatable bonds is 3. The quantitative estimate of drug-likeness (QED) is 0.719. The Balaban J connectivity index is 1.81. The fraction of sp³-hybridized carbons (Fsp3) is 0.167. The van der Waals surface area contributed by atoms with Crippen LogP contribution in [-0.4, -0.2) is 37.0 Å². The SMILES string of the molecule is Cc1nn(-c2ccc(Cl)nn2)c2c1[C@@H](c1ccc(C(=O)O)cc1)CC(=O)N2. The number of hydrogen-bond donors (Lipinski definition) is 2. The Morgan fingerprint density at radius 3 is 2.59 bits per heavy atom. The lowest BCUT2D eigenvalue weighted by Gasteiger charge is -2.24. The first kappa shape index (κ1) is 17.2. The summed E-state index contributed by atoms with van der Waals surface area (Å²) >= 11 is 5.79. The molecule has 1 amide bonds. The second-order valence-electron chi connectivity index (χ2n) is 6.21. The number of anilines is 1. The molecule has 0 aliphatic carbocycles. The number of benzene rings is 1. The average Bonchev–Trinajstić information content (AvgIpc) is 2.98. The van der Waals surface area contributed by atoms with Gasteiger partial charge in [-0.05, 0) is 36.8 Å². The number of carbonyl (C=O) groups is 2. The van der Waals surface area contributed by atoms with Crippen LogP contribution in [0.3, 0.4) is 0 Å². The summed E-state index contributed by atoms with van der Waals surface area (Å²) in [6.45, 7) is 1.86. The first-order valence-corrected chi connectivity index (χ1v) is 8.54. The molecule has 136 valence electrons. The molecule has 3 heterocycles. The van der Waals surface area contributed by atoms with Gasteiger partial charge < -0.3 is 10.4 Å². The van der Waals surface area contributed by atoms with Crippen LogP contribution in [0.15, 0.2) is 36.4 Å². The van der Waals surface area contributed by atoms with Crippen molar-refractivity contribution in [3.8, 4) is 5.82 Å². The number of carboxylic acids is 1. The number of aryl methyl sites for hydroxylation is 1. The maximum atomic E-state index is 12.3. The Morgan fingerprint density at radius 1 is 1.22 bits per heavy atom. The molecule has 1 aliphatic heterocycles. The van der Waals surface area contributed by atoms with E-state index in [2.05, 4.69) is 20.6 Å². The standard InChI is InChI=1S/C18H14ClN5O3/c1-9-16-12(10-2-4-11(5-3-10)18(26)27)8-15(25)20-17(16)24(23-9)14-7-6-13(19)21-22-14/h2-7,12H,8H2,1H3,(H,20,25)(H,26,27)/t12-/m1/s1. The molecule has 4 rings (SSSR count). The zero-order valence-electron chi connectivity index (χ0n) is 14.2. The molecule has 2 aromatic heterocycles. The minimum Gasteiger partial charge on any atom is -0.478 e. The third kappa shape index (κ3) is 3.04. The summed E-state index contributed by atoms with van der Waals surface area (Å²) in [5.74, 6) is -0.406. The molecule has 0 saturated heterocycles. The molecule has 0 bridgehead atoms. The van der Waals surface area contributed by atoms with Crippen LogP contribution >= 0.6 is 11.6 Å². The van der Waals surface area contributed by atoms with E-state index < -0.39 is 5.97 Å². The predicted octanol–water partition coefficient (Wildman–Crippen LogP) is 2.80. The van der Waals surface area contributed by atoms with Crippen LogP contribution in [0.5, 0.6) is 0 Å². The predicted molar refractivity (Wildman–Crippen MR) is 97.4 cm³/mol. The summed E-state index contributed by atoms with van der Waals surface area (Å²) in [6.07, 6.45) is 0.248. The van der Waals surface area contributed by atoms with E-state index in [9.17, 15) is 9.59 Å². The summed E-state index contributed by atoms with van der Waals surface area (Å²) < 4.78 is 1.53. The van der Waals surface area contributed by atoms with E-state index in [0.29, 0.717) is 11.6 Å². The number of aromatic carboxylic acids is 1. The van der Waals surface area contributed by atoms with Gasteiger partial charge in [-0.15, -0.1) is 10.2 Å².